The van der Waals surface area contributed by atoms with Crippen molar-refractivity contribution in [1.82, 2.24) is 0 Å². The zero-order valence-corrected chi connectivity index (χ0v) is 19.6. The normalized spacial score (nSPS) is 55.3. The van der Waals surface area contributed by atoms with Crippen LogP contribution in [0.3, 0.4) is 0 Å². The van der Waals surface area contributed by atoms with Gasteiger partial charge in [0.25, 0.3) is 0 Å². The van der Waals surface area contributed by atoms with E-state index in [9.17, 15) is 14.7 Å². The number of epoxide rings is 1. The van der Waals surface area contributed by atoms with Gasteiger partial charge in [0.05, 0.1) is 23.5 Å². The molecule has 4 heterocycles. The molecule has 0 unspecified atom stereocenters. The Bertz CT molecular complexity index is 1030. The predicted octanol–water partition coefficient (Wildman–Crippen LogP) is 3.55. The number of carbonyl (C=O) groups excluding carboxylic acids is 2. The highest BCUT2D eigenvalue weighted by Gasteiger charge is 2.89. The molecule has 1 aromatic heterocycles. The summed E-state index contributed by atoms with van der Waals surface area (Å²) in [6.07, 6.45) is 3.52. The van der Waals surface area contributed by atoms with Crippen molar-refractivity contribution in [3.8, 4) is 0 Å². The number of aliphatic hydroxyl groups is 1. The number of carbonyl (C=O) groups is 2. The fourth-order valence-corrected chi connectivity index (χ4v) is 8.92. The third-order valence-electron chi connectivity index (χ3n) is 10.5. The molecule has 7 nitrogen and oxygen atoms in total. The van der Waals surface area contributed by atoms with E-state index >= 15 is 0 Å². The van der Waals surface area contributed by atoms with E-state index in [2.05, 4.69) is 13.8 Å². The van der Waals surface area contributed by atoms with Crippen molar-refractivity contribution in [2.24, 2.45) is 28.1 Å². The first-order chi connectivity index (χ1) is 14.8. The highest BCUT2D eigenvalue weighted by molar-refractivity contribution is 5.93. The zero-order valence-electron chi connectivity index (χ0n) is 19.6. The molecular formula is C25H32O7. The highest BCUT2D eigenvalue weighted by Crippen LogP contribution is 2.80. The van der Waals surface area contributed by atoms with Crippen LogP contribution in [0, 0.1) is 28.1 Å². The number of ether oxygens (including phenoxy) is 3. The van der Waals surface area contributed by atoms with E-state index in [0.29, 0.717) is 12.8 Å². The third-order valence-corrected chi connectivity index (χ3v) is 10.5. The van der Waals surface area contributed by atoms with Gasteiger partial charge in [0, 0.05) is 28.7 Å². The van der Waals surface area contributed by atoms with Gasteiger partial charge in [-0.05, 0) is 52.5 Å². The van der Waals surface area contributed by atoms with Crippen molar-refractivity contribution in [2.45, 2.75) is 90.0 Å². The number of hydrogen-bond donors (Lipinski definition) is 1. The fourth-order valence-electron chi connectivity index (χ4n) is 8.92. The fraction of sp³-hybridized carbons (Fsp3) is 0.760. The summed E-state index contributed by atoms with van der Waals surface area (Å²) < 4.78 is 23.7. The summed E-state index contributed by atoms with van der Waals surface area (Å²) >= 11 is 0. The van der Waals surface area contributed by atoms with Crippen LogP contribution in [0.25, 0.3) is 0 Å². The van der Waals surface area contributed by atoms with Crippen LogP contribution in [-0.2, 0) is 23.8 Å². The van der Waals surface area contributed by atoms with Gasteiger partial charge in [-0.3, -0.25) is 4.79 Å². The molecule has 0 amide bonds. The first-order valence-corrected chi connectivity index (χ1v) is 11.6. The molecule has 3 aliphatic heterocycles. The minimum absolute atomic E-state index is 0.0911. The SMILES string of the molecule is CC1(C)O[C@](C)(O)[C@@]2(C)[C@@H]1CC(=O)[C@]1(C)[C@@H]2CC[C@@]2(C)[C@H](c3ccoc3)OC(=O)[C@H]3O[C@]321. The first-order valence-electron chi connectivity index (χ1n) is 11.6. The highest BCUT2D eigenvalue weighted by atomic mass is 16.7. The average molecular weight is 445 g/mol. The summed E-state index contributed by atoms with van der Waals surface area (Å²) in [5.41, 5.74) is -3.05. The second kappa shape index (κ2) is 5.50. The number of esters is 1. The van der Waals surface area contributed by atoms with Gasteiger partial charge in [-0.25, -0.2) is 4.79 Å². The van der Waals surface area contributed by atoms with E-state index in [1.807, 2.05) is 26.8 Å². The molecule has 3 saturated heterocycles. The molecule has 32 heavy (non-hydrogen) atoms. The largest absolute Gasteiger partial charge is 0.472 e. The monoisotopic (exact) mass is 444 g/mol. The van der Waals surface area contributed by atoms with Gasteiger partial charge < -0.3 is 23.7 Å². The molecule has 0 radical (unpaired) electrons. The molecule has 9 atom stereocenters. The number of hydrogen-bond acceptors (Lipinski definition) is 7. The van der Waals surface area contributed by atoms with Crippen LogP contribution in [0.5, 0.6) is 0 Å². The molecule has 0 aromatic carbocycles. The Morgan fingerprint density at radius 1 is 1.03 bits per heavy atom. The number of furan rings is 1. The molecule has 2 saturated carbocycles. The van der Waals surface area contributed by atoms with Crippen LogP contribution in [0.4, 0.5) is 0 Å². The summed E-state index contributed by atoms with van der Waals surface area (Å²) in [5.74, 6) is -2.07. The predicted molar refractivity (Wildman–Crippen MR) is 111 cm³/mol. The summed E-state index contributed by atoms with van der Waals surface area (Å²) in [5, 5.41) is 11.6. The molecule has 5 aliphatic rings. The second-order valence-corrected chi connectivity index (χ2v) is 12.0. The van der Waals surface area contributed by atoms with Crippen LogP contribution in [-0.4, -0.2) is 40.0 Å². The minimum atomic E-state index is -1.40. The quantitative estimate of drug-likeness (QED) is 0.522. The number of fused-ring (bicyclic) bond motifs is 3. The lowest BCUT2D eigenvalue weighted by atomic mass is 9.37. The number of cyclic esters (lactones) is 1. The maximum atomic E-state index is 14.1. The summed E-state index contributed by atoms with van der Waals surface area (Å²) in [6.45, 7) is 11.8. The van der Waals surface area contributed by atoms with Crippen molar-refractivity contribution in [2.75, 3.05) is 0 Å². The molecule has 2 aliphatic carbocycles. The lowest BCUT2D eigenvalue weighted by Crippen LogP contribution is -2.72. The molecule has 1 spiro atoms. The van der Waals surface area contributed by atoms with E-state index < -0.39 is 51.4 Å². The van der Waals surface area contributed by atoms with E-state index in [1.165, 1.54) is 0 Å². The maximum absolute atomic E-state index is 14.1. The van der Waals surface area contributed by atoms with Crippen molar-refractivity contribution in [1.29, 1.82) is 0 Å². The Morgan fingerprint density at radius 2 is 1.75 bits per heavy atom. The molecule has 0 bridgehead atoms. The van der Waals surface area contributed by atoms with E-state index in [1.54, 1.807) is 19.5 Å². The number of rotatable bonds is 1. The van der Waals surface area contributed by atoms with Crippen LogP contribution < -0.4 is 0 Å². The Kier molecular flexibility index (Phi) is 3.59. The van der Waals surface area contributed by atoms with Crippen molar-refractivity contribution >= 4 is 11.8 Å². The molecular weight excluding hydrogens is 412 g/mol. The molecule has 1 N–H and O–H groups in total. The van der Waals surface area contributed by atoms with Crippen molar-refractivity contribution < 1.29 is 33.3 Å². The average Bonchev–Trinajstić information content (AvgIpc) is 3.21. The van der Waals surface area contributed by atoms with E-state index in [4.69, 9.17) is 18.6 Å². The lowest BCUT2D eigenvalue weighted by molar-refractivity contribution is -0.273. The molecule has 6 rings (SSSR count). The Morgan fingerprint density at radius 3 is 2.41 bits per heavy atom. The number of Topliss-reactive ketones (excluding diaryl/α,β-unsaturated/α-hetero) is 1. The van der Waals surface area contributed by atoms with Gasteiger partial charge in [0.1, 0.15) is 17.5 Å². The smallest absolute Gasteiger partial charge is 0.339 e. The van der Waals surface area contributed by atoms with Gasteiger partial charge >= 0.3 is 5.97 Å². The molecule has 174 valence electrons. The summed E-state index contributed by atoms with van der Waals surface area (Å²) in [7, 11) is 0. The van der Waals surface area contributed by atoms with Gasteiger partial charge in [-0.2, -0.15) is 0 Å². The first kappa shape index (κ1) is 20.9. The Hall–Kier alpha value is -1.70. The minimum Gasteiger partial charge on any atom is -0.472 e. The van der Waals surface area contributed by atoms with Gasteiger partial charge in [-0.1, -0.05) is 13.8 Å². The molecule has 1 aromatic rings. The van der Waals surface area contributed by atoms with Gasteiger partial charge in [-0.15, -0.1) is 0 Å². The summed E-state index contributed by atoms with van der Waals surface area (Å²) in [4.78, 5) is 27.1. The Labute approximate surface area is 187 Å². The van der Waals surface area contributed by atoms with Crippen molar-refractivity contribution in [3.63, 3.8) is 0 Å². The van der Waals surface area contributed by atoms with Gasteiger partial charge in [0.15, 0.2) is 11.9 Å². The van der Waals surface area contributed by atoms with Crippen LogP contribution >= 0.6 is 0 Å². The van der Waals surface area contributed by atoms with Crippen molar-refractivity contribution in [3.05, 3.63) is 24.2 Å². The maximum Gasteiger partial charge on any atom is 0.339 e. The van der Waals surface area contributed by atoms with E-state index in [-0.39, 0.29) is 24.0 Å². The van der Waals surface area contributed by atoms with E-state index in [0.717, 1.165) is 5.56 Å². The Balaban J connectivity index is 1.54. The molecule has 7 heteroatoms. The number of ketones is 1. The summed E-state index contributed by atoms with van der Waals surface area (Å²) in [6, 6.07) is 1.81. The zero-order chi connectivity index (χ0) is 23.1. The topological polar surface area (TPSA) is 98.5 Å². The second-order valence-electron chi connectivity index (χ2n) is 12.0. The van der Waals surface area contributed by atoms with Gasteiger partial charge in [0.2, 0.25) is 0 Å². The lowest BCUT2D eigenvalue weighted by Gasteiger charge is -2.64. The third kappa shape index (κ3) is 1.90. The van der Waals surface area contributed by atoms with Crippen LogP contribution in [0.2, 0.25) is 0 Å². The standard InChI is InChI=1S/C25H32O7/c1-20(2)15-11-16(26)23(5)14(22(15,4)24(6,28)32-20)7-9-21(3)17(13-8-10-29-12-13)30-19(27)18-25(21,23)31-18/h8,10,12,14-15,17-18,28H,7,9,11H2,1-6H3/t14-,15-,17+,18-,21+,22-,23+,24+,25-/m1/s1. The van der Waals surface area contributed by atoms with Crippen LogP contribution in [0.15, 0.2) is 23.0 Å². The van der Waals surface area contributed by atoms with Crippen LogP contribution in [0.1, 0.15) is 72.5 Å². The molecule has 5 fully saturated rings.